The molecule has 3 rings (SSSR count). The largest absolute Gasteiger partial charge is 0.461 e. The van der Waals surface area contributed by atoms with Gasteiger partial charge < -0.3 is 4.42 Å². The number of hydrogen-bond donors (Lipinski definition) is 0. The Labute approximate surface area is 164 Å². The molecule has 5 nitrogen and oxygen atoms in total. The first-order chi connectivity index (χ1) is 12.8. The monoisotopic (exact) mass is 383 g/mol. The Balaban J connectivity index is 1.77. The molecular formula is C21H25N3O2S. The Morgan fingerprint density at radius 2 is 1.89 bits per heavy atom. The maximum atomic E-state index is 12.8. The highest BCUT2D eigenvalue weighted by Gasteiger charge is 2.22. The summed E-state index contributed by atoms with van der Waals surface area (Å²) in [6, 6.07) is 11.6. The van der Waals surface area contributed by atoms with E-state index in [1.165, 1.54) is 17.3 Å². The summed E-state index contributed by atoms with van der Waals surface area (Å²) >= 11 is 1.42. The zero-order chi connectivity index (χ0) is 19.6. The van der Waals surface area contributed by atoms with Crippen molar-refractivity contribution in [3.05, 3.63) is 53.8 Å². The molecule has 6 heteroatoms. The van der Waals surface area contributed by atoms with Crippen LogP contribution in [0.4, 0.5) is 0 Å². The second kappa shape index (κ2) is 7.72. The maximum Gasteiger partial charge on any atom is 0.200 e. The van der Waals surface area contributed by atoms with E-state index in [1.54, 1.807) is 6.26 Å². The van der Waals surface area contributed by atoms with Crippen molar-refractivity contribution in [2.75, 3.05) is 0 Å². The van der Waals surface area contributed by atoms with Gasteiger partial charge in [-0.2, -0.15) is 0 Å². The molecule has 0 aliphatic rings. The average molecular weight is 384 g/mol. The Kier molecular flexibility index (Phi) is 5.56. The van der Waals surface area contributed by atoms with Crippen LogP contribution in [0.25, 0.3) is 11.6 Å². The predicted octanol–water partition coefficient (Wildman–Crippen LogP) is 5.22. The van der Waals surface area contributed by atoms with Crippen LogP contribution in [0.5, 0.6) is 0 Å². The summed E-state index contributed by atoms with van der Waals surface area (Å²) < 4.78 is 7.40. The van der Waals surface area contributed by atoms with Gasteiger partial charge in [-0.25, -0.2) is 0 Å². The van der Waals surface area contributed by atoms with Crippen LogP contribution >= 0.6 is 11.8 Å². The molecule has 142 valence electrons. The molecule has 0 bridgehead atoms. The number of rotatable bonds is 6. The lowest BCUT2D eigenvalue weighted by molar-refractivity contribution is 0.0993. The molecule has 0 amide bonds. The van der Waals surface area contributed by atoms with Gasteiger partial charge in [0.05, 0.1) is 11.5 Å². The Morgan fingerprint density at radius 3 is 2.44 bits per heavy atom. The molecule has 3 aromatic rings. The molecule has 1 atom stereocenters. The van der Waals surface area contributed by atoms with Gasteiger partial charge in [-0.3, -0.25) is 9.36 Å². The first-order valence-corrected chi connectivity index (χ1v) is 9.97. The molecule has 0 radical (unpaired) electrons. The van der Waals surface area contributed by atoms with Gasteiger partial charge in [-0.1, -0.05) is 56.8 Å². The summed E-state index contributed by atoms with van der Waals surface area (Å²) in [5.41, 5.74) is 2.01. The molecule has 0 saturated heterocycles. The smallest absolute Gasteiger partial charge is 0.200 e. The van der Waals surface area contributed by atoms with Crippen molar-refractivity contribution in [3.8, 4) is 11.6 Å². The molecule has 0 saturated carbocycles. The highest BCUT2D eigenvalue weighted by molar-refractivity contribution is 8.00. The summed E-state index contributed by atoms with van der Waals surface area (Å²) in [7, 11) is 0. The van der Waals surface area contributed by atoms with E-state index in [-0.39, 0.29) is 16.4 Å². The third kappa shape index (κ3) is 4.16. The Bertz CT molecular complexity index is 906. The Morgan fingerprint density at radius 1 is 1.19 bits per heavy atom. The van der Waals surface area contributed by atoms with Crippen molar-refractivity contribution in [1.82, 2.24) is 14.8 Å². The standard InChI is InChI=1S/C21H25N3O2S/c1-6-24-19(17-8-7-13-26-17)22-23-20(24)27-14(2)18(25)15-9-11-16(12-10-15)21(3,4)5/h7-14H,6H2,1-5H3. The van der Waals surface area contributed by atoms with Crippen molar-refractivity contribution in [2.45, 2.75) is 57.0 Å². The van der Waals surface area contributed by atoms with Crippen LogP contribution in [-0.2, 0) is 12.0 Å². The molecule has 0 spiro atoms. The molecule has 0 aliphatic carbocycles. The molecular weight excluding hydrogens is 358 g/mol. The zero-order valence-electron chi connectivity index (χ0n) is 16.4. The number of benzene rings is 1. The first kappa shape index (κ1) is 19.4. The minimum Gasteiger partial charge on any atom is -0.461 e. The zero-order valence-corrected chi connectivity index (χ0v) is 17.2. The van der Waals surface area contributed by atoms with Crippen LogP contribution in [0.15, 0.2) is 52.2 Å². The number of Topliss-reactive ketones (excluding diaryl/α,β-unsaturated/α-hetero) is 1. The summed E-state index contributed by atoms with van der Waals surface area (Å²) in [6.07, 6.45) is 1.62. The lowest BCUT2D eigenvalue weighted by atomic mass is 9.86. The van der Waals surface area contributed by atoms with E-state index in [1.807, 2.05) is 54.8 Å². The molecule has 27 heavy (non-hydrogen) atoms. The number of thioether (sulfide) groups is 1. The topological polar surface area (TPSA) is 60.9 Å². The van der Waals surface area contributed by atoms with Gasteiger partial charge in [0.25, 0.3) is 0 Å². The molecule has 0 aliphatic heterocycles. The van der Waals surface area contributed by atoms with Crippen LogP contribution in [0.2, 0.25) is 0 Å². The van der Waals surface area contributed by atoms with Crippen molar-refractivity contribution in [1.29, 1.82) is 0 Å². The summed E-state index contributed by atoms with van der Waals surface area (Å²) in [6.45, 7) is 11.1. The fourth-order valence-electron chi connectivity index (χ4n) is 2.83. The van der Waals surface area contributed by atoms with Crippen molar-refractivity contribution in [2.24, 2.45) is 0 Å². The number of furan rings is 1. The van der Waals surface area contributed by atoms with E-state index in [9.17, 15) is 4.79 Å². The molecule has 2 heterocycles. The molecule has 1 unspecified atom stereocenters. The van der Waals surface area contributed by atoms with E-state index in [2.05, 4.69) is 31.0 Å². The van der Waals surface area contributed by atoms with Gasteiger partial charge in [0.2, 0.25) is 0 Å². The number of nitrogens with zero attached hydrogens (tertiary/aromatic N) is 3. The third-order valence-corrected chi connectivity index (χ3v) is 5.54. The number of ketones is 1. The summed E-state index contributed by atoms with van der Waals surface area (Å²) in [4.78, 5) is 12.8. The van der Waals surface area contributed by atoms with E-state index in [0.29, 0.717) is 18.1 Å². The number of hydrogen-bond acceptors (Lipinski definition) is 5. The minimum absolute atomic E-state index is 0.0712. The maximum absolute atomic E-state index is 12.8. The highest BCUT2D eigenvalue weighted by atomic mass is 32.2. The van der Waals surface area contributed by atoms with Crippen LogP contribution in [0.3, 0.4) is 0 Å². The second-order valence-electron chi connectivity index (χ2n) is 7.48. The van der Waals surface area contributed by atoms with Crippen LogP contribution in [-0.4, -0.2) is 25.8 Å². The van der Waals surface area contributed by atoms with E-state index < -0.39 is 0 Å². The third-order valence-electron chi connectivity index (χ3n) is 4.46. The number of carbonyl (C=O) groups excluding carboxylic acids is 1. The summed E-state index contributed by atoms with van der Waals surface area (Å²) in [5, 5.41) is 8.97. The number of carbonyl (C=O) groups is 1. The van der Waals surface area contributed by atoms with E-state index >= 15 is 0 Å². The summed E-state index contributed by atoms with van der Waals surface area (Å²) in [5.74, 6) is 1.44. The van der Waals surface area contributed by atoms with Gasteiger partial charge in [-0.05, 0) is 37.0 Å². The predicted molar refractivity (Wildman–Crippen MR) is 108 cm³/mol. The number of aromatic nitrogens is 3. The molecule has 0 fully saturated rings. The van der Waals surface area contributed by atoms with Crippen LogP contribution < -0.4 is 0 Å². The highest BCUT2D eigenvalue weighted by Crippen LogP contribution is 2.29. The van der Waals surface area contributed by atoms with Gasteiger partial charge in [0.15, 0.2) is 22.5 Å². The van der Waals surface area contributed by atoms with Gasteiger partial charge in [-0.15, -0.1) is 10.2 Å². The van der Waals surface area contributed by atoms with Gasteiger partial charge >= 0.3 is 0 Å². The van der Waals surface area contributed by atoms with Crippen LogP contribution in [0.1, 0.15) is 50.5 Å². The van der Waals surface area contributed by atoms with Crippen molar-refractivity contribution >= 4 is 17.5 Å². The fraction of sp³-hybridized carbons (Fsp3) is 0.381. The SMILES string of the molecule is CCn1c(SC(C)C(=O)c2ccc(C(C)(C)C)cc2)nnc1-c1ccco1. The average Bonchev–Trinajstić information content (AvgIpc) is 3.29. The second-order valence-corrected chi connectivity index (χ2v) is 8.79. The minimum atomic E-state index is -0.260. The molecule has 2 aromatic heterocycles. The lowest BCUT2D eigenvalue weighted by Gasteiger charge is -2.19. The van der Waals surface area contributed by atoms with E-state index in [4.69, 9.17) is 4.42 Å². The van der Waals surface area contributed by atoms with Crippen molar-refractivity contribution in [3.63, 3.8) is 0 Å². The van der Waals surface area contributed by atoms with Crippen LogP contribution in [0, 0.1) is 0 Å². The van der Waals surface area contributed by atoms with Crippen molar-refractivity contribution < 1.29 is 9.21 Å². The normalized spacial score (nSPS) is 12.9. The fourth-order valence-corrected chi connectivity index (χ4v) is 3.82. The molecule has 1 aromatic carbocycles. The lowest BCUT2D eigenvalue weighted by Crippen LogP contribution is -2.16. The van der Waals surface area contributed by atoms with E-state index in [0.717, 1.165) is 10.7 Å². The van der Waals surface area contributed by atoms with Gasteiger partial charge in [0.1, 0.15) is 0 Å². The molecule has 0 N–H and O–H groups in total. The Hall–Kier alpha value is -2.34. The quantitative estimate of drug-likeness (QED) is 0.431. The first-order valence-electron chi connectivity index (χ1n) is 9.09. The van der Waals surface area contributed by atoms with Gasteiger partial charge in [0, 0.05) is 12.1 Å².